The number of phenolic OH excluding ortho intramolecular Hbond substituents is 1. The lowest BCUT2D eigenvalue weighted by molar-refractivity contribution is -0.117. The van der Waals surface area contributed by atoms with Gasteiger partial charge in [-0.25, -0.2) is 13.4 Å². The number of halogens is 1. The molecule has 1 amide bonds. The van der Waals surface area contributed by atoms with Gasteiger partial charge < -0.3 is 5.11 Å². The molecule has 9 heteroatoms. The number of nitrogens with zero attached hydrogens (tertiary/aromatic N) is 2. The Balaban J connectivity index is 1.74. The monoisotopic (exact) mass is 367 g/mol. The summed E-state index contributed by atoms with van der Waals surface area (Å²) in [5.74, 6) is -2.11. The van der Waals surface area contributed by atoms with Crippen LogP contribution in [0.1, 0.15) is 24.8 Å². The number of hydrogen-bond acceptors (Lipinski definition) is 5. The Labute approximate surface area is 144 Å². The smallest absolute Gasteiger partial charge is 0.326 e. The highest BCUT2D eigenvalue weighted by atomic mass is 32.2. The second-order valence-electron chi connectivity index (χ2n) is 6.55. The Morgan fingerprint density at radius 3 is 2.64 bits per heavy atom. The lowest BCUT2D eigenvalue weighted by Gasteiger charge is -2.28. The standard InChI is InChI=1S/C16H18FN3O4S/c17-15-12(10-2-1-7-19(8-10)11-3-4-11)5-6-13(21)16(15)20-9-14(22)18-25(20,23)24/h2,5-6,11,21H,1,3-4,7-9H2,(H,18,22). The molecule has 2 heterocycles. The average molecular weight is 367 g/mol. The first kappa shape index (κ1) is 16.3. The van der Waals surface area contributed by atoms with E-state index < -0.39 is 39.9 Å². The van der Waals surface area contributed by atoms with Gasteiger partial charge in [0.2, 0.25) is 0 Å². The predicted octanol–water partition coefficient (Wildman–Crippen LogP) is 0.964. The molecule has 0 atom stereocenters. The minimum Gasteiger partial charge on any atom is -0.506 e. The molecule has 1 saturated heterocycles. The van der Waals surface area contributed by atoms with E-state index in [2.05, 4.69) is 4.90 Å². The van der Waals surface area contributed by atoms with E-state index in [0.29, 0.717) is 16.9 Å². The zero-order chi connectivity index (χ0) is 17.8. The first-order valence-corrected chi connectivity index (χ1v) is 9.59. The maximum Gasteiger partial charge on any atom is 0.326 e. The summed E-state index contributed by atoms with van der Waals surface area (Å²) in [7, 11) is -4.19. The van der Waals surface area contributed by atoms with Crippen molar-refractivity contribution < 1.29 is 22.7 Å². The topological polar surface area (TPSA) is 90.0 Å². The van der Waals surface area contributed by atoms with Crippen LogP contribution in [-0.4, -0.2) is 50.0 Å². The van der Waals surface area contributed by atoms with E-state index in [9.17, 15) is 18.3 Å². The summed E-state index contributed by atoms with van der Waals surface area (Å²) in [5, 5.41) is 10.0. The van der Waals surface area contributed by atoms with Gasteiger partial charge in [0.25, 0.3) is 5.91 Å². The van der Waals surface area contributed by atoms with Crippen LogP contribution >= 0.6 is 0 Å². The van der Waals surface area contributed by atoms with Crippen molar-refractivity contribution in [2.75, 3.05) is 23.9 Å². The average Bonchev–Trinajstić information content (AvgIpc) is 3.34. The van der Waals surface area contributed by atoms with Crippen LogP contribution in [-0.2, 0) is 15.0 Å². The van der Waals surface area contributed by atoms with Gasteiger partial charge in [0.1, 0.15) is 18.0 Å². The minimum atomic E-state index is -4.19. The van der Waals surface area contributed by atoms with Crippen LogP contribution in [0.5, 0.6) is 5.75 Å². The van der Waals surface area contributed by atoms with Gasteiger partial charge in [-0.3, -0.25) is 9.69 Å². The Morgan fingerprint density at radius 2 is 2.00 bits per heavy atom. The normalized spacial score (nSPS) is 23.5. The molecule has 25 heavy (non-hydrogen) atoms. The number of anilines is 1. The van der Waals surface area contributed by atoms with Gasteiger partial charge in [-0.05, 0) is 37.0 Å². The zero-order valence-corrected chi connectivity index (χ0v) is 14.2. The number of phenols is 1. The zero-order valence-electron chi connectivity index (χ0n) is 13.4. The summed E-state index contributed by atoms with van der Waals surface area (Å²) in [5.41, 5.74) is 0.542. The summed E-state index contributed by atoms with van der Waals surface area (Å²) in [6.07, 6.45) is 5.04. The van der Waals surface area contributed by atoms with Crippen molar-refractivity contribution in [3.63, 3.8) is 0 Å². The molecule has 2 fully saturated rings. The Morgan fingerprint density at radius 1 is 1.24 bits per heavy atom. The van der Waals surface area contributed by atoms with Crippen LogP contribution in [0.3, 0.4) is 0 Å². The lowest BCUT2D eigenvalue weighted by Crippen LogP contribution is -2.32. The number of benzene rings is 1. The highest BCUT2D eigenvalue weighted by Crippen LogP contribution is 2.39. The molecular weight excluding hydrogens is 349 g/mol. The van der Waals surface area contributed by atoms with Crippen molar-refractivity contribution in [1.82, 2.24) is 9.62 Å². The molecule has 1 aromatic rings. The van der Waals surface area contributed by atoms with Crippen LogP contribution in [0, 0.1) is 5.82 Å². The van der Waals surface area contributed by atoms with Gasteiger partial charge in [-0.1, -0.05) is 6.08 Å². The van der Waals surface area contributed by atoms with Crippen LogP contribution < -0.4 is 9.03 Å². The molecule has 1 aliphatic carbocycles. The molecule has 134 valence electrons. The SMILES string of the molecule is O=C1CN(c2c(O)ccc(C3=CCCN(C4CC4)C3)c2F)S(=O)(=O)N1. The van der Waals surface area contributed by atoms with E-state index >= 15 is 4.39 Å². The third kappa shape index (κ3) is 2.87. The third-order valence-electron chi connectivity index (χ3n) is 4.75. The number of carbonyl (C=O) groups is 1. The highest BCUT2D eigenvalue weighted by molar-refractivity contribution is 7.92. The summed E-state index contributed by atoms with van der Waals surface area (Å²) in [4.78, 5) is 13.7. The van der Waals surface area contributed by atoms with E-state index in [1.807, 2.05) is 6.08 Å². The van der Waals surface area contributed by atoms with Crippen LogP contribution in [0.4, 0.5) is 10.1 Å². The number of amides is 1. The van der Waals surface area contributed by atoms with Gasteiger partial charge in [0.05, 0.1) is 0 Å². The van der Waals surface area contributed by atoms with Crippen LogP contribution in [0.2, 0.25) is 0 Å². The fourth-order valence-electron chi connectivity index (χ4n) is 3.40. The number of carbonyl (C=O) groups excluding carboxylic acids is 1. The summed E-state index contributed by atoms with van der Waals surface area (Å²) in [6.45, 7) is 0.971. The molecule has 3 aliphatic rings. The van der Waals surface area contributed by atoms with Gasteiger partial charge in [0, 0.05) is 24.7 Å². The second-order valence-corrected chi connectivity index (χ2v) is 8.15. The summed E-state index contributed by atoms with van der Waals surface area (Å²) in [6, 6.07) is 3.27. The van der Waals surface area contributed by atoms with E-state index in [-0.39, 0.29) is 5.56 Å². The molecule has 4 rings (SSSR count). The number of rotatable bonds is 3. The van der Waals surface area contributed by atoms with Crippen LogP contribution in [0.25, 0.3) is 5.57 Å². The Kier molecular flexibility index (Phi) is 3.73. The maximum atomic E-state index is 15.1. The van der Waals surface area contributed by atoms with E-state index in [1.165, 1.54) is 12.1 Å². The Bertz CT molecular complexity index is 880. The number of aromatic hydroxyl groups is 1. The fraction of sp³-hybridized carbons (Fsp3) is 0.438. The van der Waals surface area contributed by atoms with E-state index in [0.717, 1.165) is 31.4 Å². The van der Waals surface area contributed by atoms with Crippen molar-refractivity contribution in [2.45, 2.75) is 25.3 Å². The third-order valence-corrected chi connectivity index (χ3v) is 6.13. The number of nitrogens with one attached hydrogen (secondary N) is 1. The molecule has 0 radical (unpaired) electrons. The summed E-state index contributed by atoms with van der Waals surface area (Å²) >= 11 is 0. The molecule has 2 N–H and O–H groups in total. The number of hydrogen-bond donors (Lipinski definition) is 2. The Hall–Kier alpha value is -2.13. The van der Waals surface area contributed by atoms with E-state index in [1.54, 1.807) is 4.72 Å². The van der Waals surface area contributed by atoms with Crippen LogP contribution in [0.15, 0.2) is 18.2 Å². The van der Waals surface area contributed by atoms with Crippen molar-refractivity contribution >= 4 is 27.4 Å². The van der Waals surface area contributed by atoms with Crippen molar-refractivity contribution in [3.05, 3.63) is 29.6 Å². The fourth-order valence-corrected chi connectivity index (χ4v) is 4.56. The molecule has 2 aliphatic heterocycles. The maximum absolute atomic E-state index is 15.1. The van der Waals surface area contributed by atoms with Crippen molar-refractivity contribution in [3.8, 4) is 5.75 Å². The molecule has 0 bridgehead atoms. The molecule has 0 unspecified atom stereocenters. The largest absolute Gasteiger partial charge is 0.506 e. The first-order chi connectivity index (χ1) is 11.9. The molecule has 1 saturated carbocycles. The molecule has 1 aromatic carbocycles. The van der Waals surface area contributed by atoms with Gasteiger partial charge in [0.15, 0.2) is 5.82 Å². The molecule has 7 nitrogen and oxygen atoms in total. The molecular formula is C16H18FN3O4S. The molecule has 0 spiro atoms. The van der Waals surface area contributed by atoms with Gasteiger partial charge >= 0.3 is 10.2 Å². The quantitative estimate of drug-likeness (QED) is 0.831. The first-order valence-electron chi connectivity index (χ1n) is 8.15. The molecule has 0 aromatic heterocycles. The lowest BCUT2D eigenvalue weighted by atomic mass is 9.99. The second kappa shape index (κ2) is 5.70. The van der Waals surface area contributed by atoms with Crippen molar-refractivity contribution in [2.24, 2.45) is 0 Å². The summed E-state index contributed by atoms with van der Waals surface area (Å²) < 4.78 is 41.5. The van der Waals surface area contributed by atoms with Gasteiger partial charge in [-0.2, -0.15) is 8.42 Å². The highest BCUT2D eigenvalue weighted by Gasteiger charge is 2.38. The minimum absolute atomic E-state index is 0.257. The van der Waals surface area contributed by atoms with Gasteiger partial charge in [-0.15, -0.1) is 0 Å². The van der Waals surface area contributed by atoms with Crippen molar-refractivity contribution in [1.29, 1.82) is 0 Å². The predicted molar refractivity (Wildman–Crippen MR) is 89.7 cm³/mol. The van der Waals surface area contributed by atoms with E-state index in [4.69, 9.17) is 0 Å².